The van der Waals surface area contributed by atoms with Gasteiger partial charge in [-0.05, 0) is 54.7 Å². The molecule has 132 valence electrons. The van der Waals surface area contributed by atoms with E-state index in [1.54, 1.807) is 18.2 Å². The summed E-state index contributed by atoms with van der Waals surface area (Å²) in [6.07, 6.45) is 1.41. The molecule has 25 heavy (non-hydrogen) atoms. The van der Waals surface area contributed by atoms with Crippen molar-refractivity contribution >= 4 is 34.8 Å². The zero-order valence-corrected chi connectivity index (χ0v) is 15.5. The molecule has 0 aliphatic rings. The molecule has 0 radical (unpaired) electrons. The van der Waals surface area contributed by atoms with E-state index in [4.69, 9.17) is 11.6 Å². The summed E-state index contributed by atoms with van der Waals surface area (Å²) >= 11 is 5.91. The van der Waals surface area contributed by atoms with Gasteiger partial charge in [0, 0.05) is 16.4 Å². The lowest BCUT2D eigenvalue weighted by Crippen LogP contribution is -2.22. The summed E-state index contributed by atoms with van der Waals surface area (Å²) in [7, 11) is 0. The number of benzene rings is 2. The zero-order valence-electron chi connectivity index (χ0n) is 14.8. The predicted octanol–water partition coefficient (Wildman–Crippen LogP) is 4.74. The summed E-state index contributed by atoms with van der Waals surface area (Å²) < 4.78 is 0. The van der Waals surface area contributed by atoms with Gasteiger partial charge < -0.3 is 10.6 Å². The van der Waals surface area contributed by atoms with E-state index in [0.717, 1.165) is 35.2 Å². The quantitative estimate of drug-likeness (QED) is 0.732. The normalized spacial score (nSPS) is 10.4. The fraction of sp³-hybridized carbons (Fsp3) is 0.300. The number of hydrogen-bond donors (Lipinski definition) is 2. The van der Waals surface area contributed by atoms with Crippen molar-refractivity contribution < 1.29 is 9.59 Å². The molecule has 0 aliphatic heterocycles. The molecular weight excluding hydrogens is 336 g/mol. The van der Waals surface area contributed by atoms with Gasteiger partial charge in [0.15, 0.2) is 0 Å². The third-order valence-electron chi connectivity index (χ3n) is 4.05. The Morgan fingerprint density at radius 1 is 0.960 bits per heavy atom. The molecule has 2 rings (SSSR count). The Morgan fingerprint density at radius 3 is 2.12 bits per heavy atom. The number of nitrogens with one attached hydrogen (secondary N) is 2. The van der Waals surface area contributed by atoms with Crippen LogP contribution in [0.5, 0.6) is 0 Å². The van der Waals surface area contributed by atoms with Crippen molar-refractivity contribution in [3.63, 3.8) is 0 Å². The predicted molar refractivity (Wildman–Crippen MR) is 103 cm³/mol. The topological polar surface area (TPSA) is 58.2 Å². The van der Waals surface area contributed by atoms with E-state index in [-0.39, 0.29) is 18.2 Å². The van der Waals surface area contributed by atoms with Crippen LogP contribution in [0.2, 0.25) is 5.02 Å². The fourth-order valence-electron chi connectivity index (χ4n) is 2.69. The average Bonchev–Trinajstić information content (AvgIpc) is 2.57. The van der Waals surface area contributed by atoms with E-state index in [9.17, 15) is 9.59 Å². The number of aryl methyl sites for hydroxylation is 3. The second kappa shape index (κ2) is 8.67. The van der Waals surface area contributed by atoms with Crippen LogP contribution in [0.25, 0.3) is 0 Å². The summed E-state index contributed by atoms with van der Waals surface area (Å²) in [4.78, 5) is 24.4. The largest absolute Gasteiger partial charge is 0.325 e. The summed E-state index contributed by atoms with van der Waals surface area (Å²) in [5.41, 5.74) is 4.48. The van der Waals surface area contributed by atoms with Gasteiger partial charge in [-0.25, -0.2) is 0 Å². The Labute approximate surface area is 153 Å². The molecule has 0 aliphatic carbocycles. The molecule has 0 saturated heterocycles. The van der Waals surface area contributed by atoms with E-state index < -0.39 is 0 Å². The Morgan fingerprint density at radius 2 is 1.56 bits per heavy atom. The number of carbonyl (C=O) groups is 2. The molecule has 2 N–H and O–H groups in total. The highest BCUT2D eigenvalue weighted by atomic mass is 35.5. The van der Waals surface area contributed by atoms with Gasteiger partial charge in [0.2, 0.25) is 11.8 Å². The van der Waals surface area contributed by atoms with E-state index in [1.165, 1.54) is 0 Å². The monoisotopic (exact) mass is 358 g/mol. The Kier molecular flexibility index (Phi) is 6.59. The Hall–Kier alpha value is -2.33. The minimum absolute atomic E-state index is 0.233. The number of amides is 2. The Balaban J connectivity index is 2.04. The van der Waals surface area contributed by atoms with Gasteiger partial charge in [0.25, 0.3) is 0 Å². The number of para-hydroxylation sites is 1. The van der Waals surface area contributed by atoms with Crippen molar-refractivity contribution in [2.24, 2.45) is 0 Å². The number of carbonyl (C=O) groups excluding carboxylic acids is 2. The van der Waals surface area contributed by atoms with E-state index in [0.29, 0.717) is 10.7 Å². The first-order chi connectivity index (χ1) is 11.9. The number of rotatable bonds is 6. The maximum Gasteiger partial charge on any atom is 0.233 e. The molecule has 0 unspecified atom stereocenters. The highest BCUT2D eigenvalue weighted by molar-refractivity contribution is 6.30. The molecular formula is C20H23ClN2O2. The van der Waals surface area contributed by atoms with Gasteiger partial charge >= 0.3 is 0 Å². The van der Waals surface area contributed by atoms with Crippen LogP contribution in [0.1, 0.15) is 37.0 Å². The fourth-order valence-corrected chi connectivity index (χ4v) is 2.92. The van der Waals surface area contributed by atoms with E-state index in [2.05, 4.69) is 10.6 Å². The van der Waals surface area contributed by atoms with Crippen molar-refractivity contribution in [3.8, 4) is 0 Å². The van der Waals surface area contributed by atoms with Crippen LogP contribution in [0.4, 0.5) is 11.4 Å². The summed E-state index contributed by atoms with van der Waals surface area (Å²) in [6.45, 7) is 5.94. The van der Waals surface area contributed by atoms with E-state index >= 15 is 0 Å². The van der Waals surface area contributed by atoms with Gasteiger partial charge in [-0.15, -0.1) is 0 Å². The third kappa shape index (κ3) is 5.07. The molecule has 0 saturated carbocycles. The van der Waals surface area contributed by atoms with Gasteiger partial charge in [0.05, 0.1) is 0 Å². The third-order valence-corrected chi connectivity index (χ3v) is 4.28. The highest BCUT2D eigenvalue weighted by Gasteiger charge is 2.14. The lowest BCUT2D eigenvalue weighted by molar-refractivity contribution is -0.123. The number of halogens is 1. The molecule has 0 heterocycles. The lowest BCUT2D eigenvalue weighted by Gasteiger charge is -2.14. The highest BCUT2D eigenvalue weighted by Crippen LogP contribution is 2.23. The molecule has 0 aromatic heterocycles. The first-order valence-electron chi connectivity index (χ1n) is 8.41. The summed E-state index contributed by atoms with van der Waals surface area (Å²) in [5.74, 6) is -0.672. The lowest BCUT2D eigenvalue weighted by atomic mass is 10.0. The van der Waals surface area contributed by atoms with Crippen LogP contribution >= 0.6 is 11.6 Å². The number of anilines is 2. The van der Waals surface area contributed by atoms with Crippen LogP contribution in [0, 0.1) is 6.92 Å². The molecule has 2 aromatic carbocycles. The second-order valence-electron chi connectivity index (χ2n) is 5.89. The van der Waals surface area contributed by atoms with E-state index in [1.807, 2.05) is 39.0 Å². The van der Waals surface area contributed by atoms with Gasteiger partial charge in [0.1, 0.15) is 6.42 Å². The molecule has 5 heteroatoms. The minimum Gasteiger partial charge on any atom is -0.325 e. The van der Waals surface area contributed by atoms with Crippen molar-refractivity contribution in [3.05, 3.63) is 58.1 Å². The van der Waals surface area contributed by atoms with Crippen molar-refractivity contribution in [2.75, 3.05) is 10.6 Å². The van der Waals surface area contributed by atoms with Crippen LogP contribution in [-0.4, -0.2) is 11.8 Å². The smallest absolute Gasteiger partial charge is 0.233 e. The minimum atomic E-state index is -0.352. The van der Waals surface area contributed by atoms with Crippen LogP contribution in [0.3, 0.4) is 0 Å². The van der Waals surface area contributed by atoms with Crippen molar-refractivity contribution in [1.29, 1.82) is 0 Å². The van der Waals surface area contributed by atoms with Crippen LogP contribution < -0.4 is 10.6 Å². The van der Waals surface area contributed by atoms with Crippen molar-refractivity contribution in [2.45, 2.75) is 40.0 Å². The van der Waals surface area contributed by atoms with Gasteiger partial charge in [-0.1, -0.05) is 43.6 Å². The molecule has 2 aromatic rings. The molecule has 2 amide bonds. The SMILES string of the molecule is CCc1cccc(CC)c1NC(=O)CC(=O)Nc1ccc(Cl)cc1C. The molecule has 0 atom stereocenters. The maximum absolute atomic E-state index is 12.3. The average molecular weight is 359 g/mol. The summed E-state index contributed by atoms with van der Waals surface area (Å²) in [6, 6.07) is 11.2. The Bertz CT molecular complexity index is 765. The first-order valence-corrected chi connectivity index (χ1v) is 8.79. The first kappa shape index (κ1) is 19.0. The zero-order chi connectivity index (χ0) is 18.4. The second-order valence-corrected chi connectivity index (χ2v) is 6.33. The van der Waals surface area contributed by atoms with Gasteiger partial charge in [-0.2, -0.15) is 0 Å². The van der Waals surface area contributed by atoms with Gasteiger partial charge in [-0.3, -0.25) is 9.59 Å². The molecule has 4 nitrogen and oxygen atoms in total. The summed E-state index contributed by atoms with van der Waals surface area (Å²) in [5, 5.41) is 6.26. The molecule has 0 fully saturated rings. The van der Waals surface area contributed by atoms with Crippen LogP contribution in [0.15, 0.2) is 36.4 Å². The molecule has 0 spiro atoms. The molecule has 0 bridgehead atoms. The maximum atomic E-state index is 12.3. The number of hydrogen-bond acceptors (Lipinski definition) is 2. The van der Waals surface area contributed by atoms with Crippen LogP contribution in [-0.2, 0) is 22.4 Å². The van der Waals surface area contributed by atoms with Crippen molar-refractivity contribution in [1.82, 2.24) is 0 Å². The standard InChI is InChI=1S/C20H23ClN2O2/c1-4-14-7-6-8-15(5-2)20(14)23-19(25)12-18(24)22-17-10-9-16(21)11-13(17)3/h6-11H,4-5,12H2,1-3H3,(H,22,24)(H,23,25).